The van der Waals surface area contributed by atoms with Gasteiger partial charge in [-0.2, -0.15) is 0 Å². The summed E-state index contributed by atoms with van der Waals surface area (Å²) in [5.74, 6) is -0.344. The van der Waals surface area contributed by atoms with Crippen molar-refractivity contribution in [2.45, 2.75) is 32.9 Å². The molecule has 0 aliphatic rings. The fourth-order valence-corrected chi connectivity index (χ4v) is 2.28. The number of hydrogen-bond acceptors (Lipinski definition) is 2. The Morgan fingerprint density at radius 1 is 1.37 bits per heavy atom. The second kappa shape index (κ2) is 4.70. The van der Waals surface area contributed by atoms with E-state index in [0.717, 1.165) is 0 Å². The van der Waals surface area contributed by atoms with Gasteiger partial charge in [-0.15, -0.1) is 0 Å². The lowest BCUT2D eigenvalue weighted by molar-refractivity contribution is -0.123. The van der Waals surface area contributed by atoms with Gasteiger partial charge in [0.15, 0.2) is 0 Å². The number of benzene rings is 1. The van der Waals surface area contributed by atoms with E-state index < -0.39 is 5.54 Å². The number of rotatable bonds is 4. The Labute approximate surface area is 113 Å². The average Bonchev–Trinajstić information content (AvgIpc) is 2.60. The van der Waals surface area contributed by atoms with Crippen LogP contribution in [0.2, 0.25) is 0 Å². The van der Waals surface area contributed by atoms with Gasteiger partial charge in [0, 0.05) is 30.2 Å². The third kappa shape index (κ3) is 2.36. The van der Waals surface area contributed by atoms with Crippen LogP contribution in [-0.2, 0) is 18.4 Å². The van der Waals surface area contributed by atoms with Gasteiger partial charge in [-0.1, -0.05) is 18.2 Å². The topological polar surface area (TPSA) is 60.0 Å². The maximum atomic E-state index is 11.3. The van der Waals surface area contributed by atoms with Crippen LogP contribution >= 0.6 is 0 Å². The molecule has 0 fully saturated rings. The fourth-order valence-electron chi connectivity index (χ4n) is 2.28. The van der Waals surface area contributed by atoms with E-state index in [9.17, 15) is 4.79 Å². The molecular weight excluding hydrogens is 238 g/mol. The summed E-state index contributed by atoms with van der Waals surface area (Å²) in [4.78, 5) is 11.3. The zero-order chi connectivity index (χ0) is 14.2. The van der Waals surface area contributed by atoms with Crippen molar-refractivity contribution >= 4 is 16.8 Å². The maximum Gasteiger partial charge on any atom is 0.237 e. The van der Waals surface area contributed by atoms with Crippen LogP contribution in [0, 0.1) is 6.92 Å². The zero-order valence-electron chi connectivity index (χ0n) is 11.9. The van der Waals surface area contributed by atoms with Crippen LogP contribution in [0.1, 0.15) is 25.1 Å². The summed E-state index contributed by atoms with van der Waals surface area (Å²) in [5, 5.41) is 4.47. The molecule has 0 bridgehead atoms. The average molecular weight is 259 g/mol. The standard InChI is InChI=1S/C15H21N3O/c1-10-11-7-5-6-8-12(11)18(4)13(10)9-17-15(2,3)14(16)19/h5-8,17H,9H2,1-4H3,(H2,16,19). The second-order valence-electron chi connectivity index (χ2n) is 5.49. The second-order valence-corrected chi connectivity index (χ2v) is 5.49. The zero-order valence-corrected chi connectivity index (χ0v) is 11.9. The van der Waals surface area contributed by atoms with Crippen molar-refractivity contribution < 1.29 is 4.79 Å². The molecule has 0 aliphatic heterocycles. The number of hydrogen-bond donors (Lipinski definition) is 2. The Morgan fingerprint density at radius 3 is 2.58 bits per heavy atom. The highest BCUT2D eigenvalue weighted by Gasteiger charge is 2.24. The fraction of sp³-hybridized carbons (Fsp3) is 0.400. The Morgan fingerprint density at radius 2 is 2.00 bits per heavy atom. The SMILES string of the molecule is Cc1c(CNC(C)(C)C(N)=O)n(C)c2ccccc12. The number of carbonyl (C=O) groups is 1. The first-order valence-corrected chi connectivity index (χ1v) is 6.42. The molecule has 0 aliphatic carbocycles. The summed E-state index contributed by atoms with van der Waals surface area (Å²) in [6.45, 7) is 6.32. The van der Waals surface area contributed by atoms with E-state index in [-0.39, 0.29) is 5.91 Å². The van der Waals surface area contributed by atoms with Crippen molar-refractivity contribution in [3.8, 4) is 0 Å². The molecule has 0 atom stereocenters. The number of aryl methyl sites for hydroxylation is 2. The molecule has 102 valence electrons. The highest BCUT2D eigenvalue weighted by atomic mass is 16.1. The van der Waals surface area contributed by atoms with Crippen LogP contribution in [0.3, 0.4) is 0 Å². The summed E-state index contributed by atoms with van der Waals surface area (Å²) in [7, 11) is 2.05. The molecule has 3 N–H and O–H groups in total. The van der Waals surface area contributed by atoms with E-state index in [2.05, 4.69) is 28.9 Å². The molecule has 0 saturated heterocycles. The first-order valence-electron chi connectivity index (χ1n) is 6.42. The molecule has 4 nitrogen and oxygen atoms in total. The summed E-state index contributed by atoms with van der Waals surface area (Å²) in [6, 6.07) is 8.30. The molecule has 2 rings (SSSR count). The molecule has 0 unspecified atom stereocenters. The summed E-state index contributed by atoms with van der Waals surface area (Å²) < 4.78 is 2.16. The van der Waals surface area contributed by atoms with Gasteiger partial charge in [-0.3, -0.25) is 10.1 Å². The van der Waals surface area contributed by atoms with Crippen molar-refractivity contribution in [2.75, 3.05) is 0 Å². The Balaban J connectivity index is 2.34. The lowest BCUT2D eigenvalue weighted by atomic mass is 10.0. The number of carbonyl (C=O) groups excluding carboxylic acids is 1. The summed E-state index contributed by atoms with van der Waals surface area (Å²) in [5.41, 5.74) is 8.29. The van der Waals surface area contributed by atoms with Gasteiger partial charge in [0.1, 0.15) is 0 Å². The van der Waals surface area contributed by atoms with Crippen LogP contribution < -0.4 is 11.1 Å². The molecule has 0 saturated carbocycles. The minimum absolute atomic E-state index is 0.344. The Kier molecular flexibility index (Phi) is 3.37. The molecule has 0 spiro atoms. The smallest absolute Gasteiger partial charge is 0.237 e. The molecule has 1 heterocycles. The summed E-state index contributed by atoms with van der Waals surface area (Å²) in [6.07, 6.45) is 0. The lowest BCUT2D eigenvalue weighted by Crippen LogP contribution is -2.50. The number of aromatic nitrogens is 1. The van der Waals surface area contributed by atoms with E-state index in [1.807, 2.05) is 19.2 Å². The van der Waals surface area contributed by atoms with Crippen LogP contribution in [0.5, 0.6) is 0 Å². The van der Waals surface area contributed by atoms with E-state index in [1.54, 1.807) is 13.8 Å². The lowest BCUT2D eigenvalue weighted by Gasteiger charge is -2.22. The maximum absolute atomic E-state index is 11.3. The van der Waals surface area contributed by atoms with Gasteiger partial charge in [0.25, 0.3) is 0 Å². The number of nitrogens with zero attached hydrogens (tertiary/aromatic N) is 1. The molecule has 19 heavy (non-hydrogen) atoms. The van der Waals surface area contributed by atoms with Crippen molar-refractivity contribution in [3.63, 3.8) is 0 Å². The van der Waals surface area contributed by atoms with Crippen molar-refractivity contribution in [1.82, 2.24) is 9.88 Å². The third-order valence-electron chi connectivity index (χ3n) is 3.82. The first-order chi connectivity index (χ1) is 8.84. The number of fused-ring (bicyclic) bond motifs is 1. The van der Waals surface area contributed by atoms with Crippen LogP contribution in [0.25, 0.3) is 10.9 Å². The van der Waals surface area contributed by atoms with Crippen molar-refractivity contribution in [3.05, 3.63) is 35.5 Å². The van der Waals surface area contributed by atoms with Crippen molar-refractivity contribution in [1.29, 1.82) is 0 Å². The van der Waals surface area contributed by atoms with Gasteiger partial charge in [-0.25, -0.2) is 0 Å². The monoisotopic (exact) mass is 259 g/mol. The molecule has 0 radical (unpaired) electrons. The van der Waals surface area contributed by atoms with Crippen LogP contribution in [-0.4, -0.2) is 16.0 Å². The largest absolute Gasteiger partial charge is 0.368 e. The van der Waals surface area contributed by atoms with E-state index >= 15 is 0 Å². The Bertz CT molecular complexity index is 587. The van der Waals surface area contributed by atoms with E-state index in [0.29, 0.717) is 6.54 Å². The molecule has 1 aromatic heterocycles. The molecular formula is C15H21N3O. The molecule has 2 aromatic rings. The van der Waals surface area contributed by atoms with Crippen LogP contribution in [0.4, 0.5) is 0 Å². The minimum atomic E-state index is -0.705. The Hall–Kier alpha value is -1.81. The van der Waals surface area contributed by atoms with Gasteiger partial charge in [-0.05, 0) is 32.4 Å². The summed E-state index contributed by atoms with van der Waals surface area (Å²) >= 11 is 0. The number of para-hydroxylation sites is 1. The van der Waals surface area contributed by atoms with Gasteiger partial charge in [0.2, 0.25) is 5.91 Å². The normalized spacial score (nSPS) is 12.0. The van der Waals surface area contributed by atoms with Crippen molar-refractivity contribution in [2.24, 2.45) is 12.8 Å². The number of primary amides is 1. The quantitative estimate of drug-likeness (QED) is 0.880. The van der Waals surface area contributed by atoms with Gasteiger partial charge >= 0.3 is 0 Å². The van der Waals surface area contributed by atoms with Gasteiger partial charge in [0.05, 0.1) is 5.54 Å². The number of nitrogens with two attached hydrogens (primary N) is 1. The minimum Gasteiger partial charge on any atom is -0.368 e. The van der Waals surface area contributed by atoms with E-state index in [1.165, 1.54) is 22.2 Å². The third-order valence-corrected chi connectivity index (χ3v) is 3.82. The van der Waals surface area contributed by atoms with E-state index in [4.69, 9.17) is 5.73 Å². The first kappa shape index (κ1) is 13.6. The number of amides is 1. The predicted octanol–water partition coefficient (Wildman–Crippen LogP) is 1.84. The number of nitrogens with one attached hydrogen (secondary N) is 1. The highest BCUT2D eigenvalue weighted by Crippen LogP contribution is 2.24. The predicted molar refractivity (Wildman–Crippen MR) is 77.8 cm³/mol. The molecule has 1 aromatic carbocycles. The molecule has 1 amide bonds. The van der Waals surface area contributed by atoms with Crippen LogP contribution in [0.15, 0.2) is 24.3 Å². The molecule has 4 heteroatoms. The highest BCUT2D eigenvalue weighted by molar-refractivity contribution is 5.85. The van der Waals surface area contributed by atoms with Gasteiger partial charge < -0.3 is 10.3 Å².